The summed E-state index contributed by atoms with van der Waals surface area (Å²) in [6.07, 6.45) is 9.24. The molecule has 0 saturated heterocycles. The maximum Gasteiger partial charge on any atom is 0.332 e. The fourth-order valence-electron chi connectivity index (χ4n) is 5.29. The molecule has 0 bridgehead atoms. The van der Waals surface area contributed by atoms with E-state index >= 15 is 0 Å². The van der Waals surface area contributed by atoms with E-state index in [1.54, 1.807) is 0 Å². The Balaban J connectivity index is 0.000000266. The highest BCUT2D eigenvalue weighted by atomic mass is 35.5. The van der Waals surface area contributed by atoms with Crippen molar-refractivity contribution in [3.63, 3.8) is 0 Å². The lowest BCUT2D eigenvalue weighted by atomic mass is 10.0. The number of halogens is 2. The fourth-order valence-corrected chi connectivity index (χ4v) is 6.64. The molecule has 0 aliphatic heterocycles. The maximum absolute atomic E-state index is 11.5. The molecular formula is C41H48Cl2O5S. The summed E-state index contributed by atoms with van der Waals surface area (Å²) in [7, 11) is 0. The monoisotopic (exact) mass is 722 g/mol. The Morgan fingerprint density at radius 1 is 0.612 bits per heavy atom. The molecule has 0 heterocycles. The second-order valence-corrected chi connectivity index (χ2v) is 14.2. The van der Waals surface area contributed by atoms with E-state index in [9.17, 15) is 19.8 Å². The molecule has 0 saturated carbocycles. The van der Waals surface area contributed by atoms with Crippen LogP contribution >= 0.6 is 35.0 Å². The van der Waals surface area contributed by atoms with Gasteiger partial charge >= 0.3 is 11.9 Å². The molecule has 262 valence electrons. The van der Waals surface area contributed by atoms with E-state index in [0.29, 0.717) is 19.4 Å². The van der Waals surface area contributed by atoms with Gasteiger partial charge in [-0.3, -0.25) is 4.79 Å². The predicted octanol–water partition coefficient (Wildman–Crippen LogP) is 11.2. The van der Waals surface area contributed by atoms with Gasteiger partial charge in [-0.1, -0.05) is 122 Å². The molecule has 0 amide bonds. The van der Waals surface area contributed by atoms with Crippen molar-refractivity contribution in [1.82, 2.24) is 0 Å². The summed E-state index contributed by atoms with van der Waals surface area (Å²) in [5, 5.41) is 19.9. The van der Waals surface area contributed by atoms with E-state index in [1.165, 1.54) is 22.9 Å². The Morgan fingerprint density at radius 3 is 1.65 bits per heavy atom. The predicted molar refractivity (Wildman–Crippen MR) is 203 cm³/mol. The Hall–Kier alpha value is -3.29. The molecule has 49 heavy (non-hydrogen) atoms. The third-order valence-electron chi connectivity index (χ3n) is 8.16. The number of hydrogen-bond acceptors (Lipinski definition) is 4. The van der Waals surface area contributed by atoms with E-state index in [4.69, 9.17) is 27.9 Å². The Kier molecular flexibility index (Phi) is 19.0. The average Bonchev–Trinajstić information content (AvgIpc) is 3.09. The van der Waals surface area contributed by atoms with Crippen LogP contribution in [0.15, 0.2) is 108 Å². The summed E-state index contributed by atoms with van der Waals surface area (Å²) in [6, 6.07) is 33.7. The highest BCUT2D eigenvalue weighted by molar-refractivity contribution is 8.00. The highest BCUT2D eigenvalue weighted by Crippen LogP contribution is 2.29. The number of aliphatic carboxylic acids is 2. The maximum atomic E-state index is 11.5. The number of aryl methyl sites for hydroxylation is 3. The van der Waals surface area contributed by atoms with Gasteiger partial charge in [-0.2, -0.15) is 0 Å². The SMILES string of the molecule is Cc1ccccc1SC(CCCCCc1ccc(Cl)cc1)C(=O)O.O=C(O)C(CCCCCc1ccc(Cl)cc1)OCCc1ccccc1. The van der Waals surface area contributed by atoms with Gasteiger partial charge in [0.1, 0.15) is 5.25 Å². The zero-order valence-corrected chi connectivity index (χ0v) is 30.6. The van der Waals surface area contributed by atoms with Crippen LogP contribution in [0, 0.1) is 6.92 Å². The van der Waals surface area contributed by atoms with Crippen LogP contribution in [-0.2, 0) is 33.6 Å². The topological polar surface area (TPSA) is 83.8 Å². The first-order valence-electron chi connectivity index (χ1n) is 17.0. The zero-order valence-electron chi connectivity index (χ0n) is 28.2. The van der Waals surface area contributed by atoms with Gasteiger partial charge in [0.25, 0.3) is 0 Å². The van der Waals surface area contributed by atoms with Gasteiger partial charge in [0.15, 0.2) is 6.10 Å². The highest BCUT2D eigenvalue weighted by Gasteiger charge is 2.19. The van der Waals surface area contributed by atoms with E-state index < -0.39 is 18.0 Å². The van der Waals surface area contributed by atoms with Crippen molar-refractivity contribution in [3.05, 3.63) is 135 Å². The average molecular weight is 724 g/mol. The van der Waals surface area contributed by atoms with E-state index in [2.05, 4.69) is 12.1 Å². The van der Waals surface area contributed by atoms with Crippen LogP contribution in [0.3, 0.4) is 0 Å². The molecule has 4 rings (SSSR count). The molecule has 4 aromatic rings. The lowest BCUT2D eigenvalue weighted by Gasteiger charge is -2.13. The first kappa shape index (κ1) is 40.1. The van der Waals surface area contributed by atoms with Crippen LogP contribution in [0.25, 0.3) is 0 Å². The number of carbonyl (C=O) groups is 2. The van der Waals surface area contributed by atoms with Crippen LogP contribution in [-0.4, -0.2) is 40.1 Å². The van der Waals surface area contributed by atoms with Crippen LogP contribution in [0.2, 0.25) is 10.0 Å². The summed E-state index contributed by atoms with van der Waals surface area (Å²) in [6.45, 7) is 2.46. The van der Waals surface area contributed by atoms with Crippen molar-refractivity contribution in [3.8, 4) is 0 Å². The van der Waals surface area contributed by atoms with Crippen molar-refractivity contribution in [1.29, 1.82) is 0 Å². The first-order chi connectivity index (χ1) is 23.7. The van der Waals surface area contributed by atoms with Crippen LogP contribution < -0.4 is 0 Å². The molecule has 2 unspecified atom stereocenters. The number of carboxylic acid groups (broad SMARTS) is 2. The Labute approximate surface area is 306 Å². The lowest BCUT2D eigenvalue weighted by Crippen LogP contribution is -2.24. The summed E-state index contributed by atoms with van der Waals surface area (Å²) in [5.41, 5.74) is 4.84. The molecule has 0 spiro atoms. The minimum absolute atomic E-state index is 0.373. The fraction of sp³-hybridized carbons (Fsp3) is 0.366. The summed E-state index contributed by atoms with van der Waals surface area (Å²) < 4.78 is 5.57. The summed E-state index contributed by atoms with van der Waals surface area (Å²) >= 11 is 13.2. The molecule has 4 aromatic carbocycles. The van der Waals surface area contributed by atoms with Crippen molar-refractivity contribution < 1.29 is 24.5 Å². The second-order valence-electron chi connectivity index (χ2n) is 12.1. The lowest BCUT2D eigenvalue weighted by molar-refractivity contribution is -0.150. The molecule has 5 nitrogen and oxygen atoms in total. The molecule has 2 atom stereocenters. The largest absolute Gasteiger partial charge is 0.480 e. The minimum atomic E-state index is -0.870. The normalized spacial score (nSPS) is 12.1. The van der Waals surface area contributed by atoms with Gasteiger partial charge in [0.2, 0.25) is 0 Å². The Bertz CT molecular complexity index is 1510. The van der Waals surface area contributed by atoms with Crippen molar-refractivity contribution in [2.75, 3.05) is 6.61 Å². The number of carboxylic acids is 2. The zero-order chi connectivity index (χ0) is 35.3. The number of unbranched alkanes of at least 4 members (excludes halogenated alkanes) is 4. The molecule has 0 aliphatic carbocycles. The van der Waals surface area contributed by atoms with Gasteiger partial charge in [-0.25, -0.2) is 4.79 Å². The smallest absolute Gasteiger partial charge is 0.332 e. The van der Waals surface area contributed by atoms with Gasteiger partial charge in [-0.05, 0) is 104 Å². The standard InChI is InChI=1S/C21H25ClO3.C20H23ClO2S/c22-19-13-11-18(12-14-19)9-5-2-6-10-20(21(23)24)25-16-15-17-7-3-1-4-8-17;1-15-7-5-6-9-18(15)24-19(20(22)23)10-4-2-3-8-16-11-13-17(21)14-12-16/h1,3-4,7-8,11-14,20H,2,5-6,9-10,15-16H2,(H,23,24);5-7,9,11-14,19H,2-4,8,10H2,1H3,(H,22,23). The Morgan fingerprint density at radius 2 is 1.12 bits per heavy atom. The third-order valence-corrected chi connectivity index (χ3v) is 10.1. The van der Waals surface area contributed by atoms with E-state index in [-0.39, 0.29) is 5.25 Å². The molecule has 2 N–H and O–H groups in total. The number of rotatable bonds is 20. The number of hydrogen-bond donors (Lipinski definition) is 2. The first-order valence-corrected chi connectivity index (χ1v) is 18.7. The molecule has 0 fully saturated rings. The molecule has 0 aromatic heterocycles. The minimum Gasteiger partial charge on any atom is -0.480 e. The second kappa shape index (κ2) is 23.2. The third kappa shape index (κ3) is 16.8. The van der Waals surface area contributed by atoms with Gasteiger partial charge < -0.3 is 14.9 Å². The summed E-state index contributed by atoms with van der Waals surface area (Å²) in [4.78, 5) is 23.9. The van der Waals surface area contributed by atoms with Gasteiger partial charge in [0.05, 0.1) is 6.61 Å². The van der Waals surface area contributed by atoms with E-state index in [0.717, 1.165) is 83.9 Å². The van der Waals surface area contributed by atoms with Crippen molar-refractivity contribution in [2.45, 2.75) is 93.8 Å². The summed E-state index contributed by atoms with van der Waals surface area (Å²) in [5.74, 6) is -1.59. The van der Waals surface area contributed by atoms with Crippen LogP contribution in [0.1, 0.15) is 73.6 Å². The van der Waals surface area contributed by atoms with Gasteiger partial charge in [-0.15, -0.1) is 11.8 Å². The molecule has 0 radical (unpaired) electrons. The van der Waals surface area contributed by atoms with Gasteiger partial charge in [0, 0.05) is 14.9 Å². The quantitative estimate of drug-likeness (QED) is 0.0698. The molecular weight excluding hydrogens is 675 g/mol. The van der Waals surface area contributed by atoms with Crippen molar-refractivity contribution in [2.24, 2.45) is 0 Å². The molecule has 0 aliphatic rings. The van der Waals surface area contributed by atoms with Crippen LogP contribution in [0.5, 0.6) is 0 Å². The number of thioether (sulfide) groups is 1. The van der Waals surface area contributed by atoms with Crippen LogP contribution in [0.4, 0.5) is 0 Å². The van der Waals surface area contributed by atoms with Crippen molar-refractivity contribution >= 4 is 46.9 Å². The number of ether oxygens (including phenoxy) is 1. The number of benzene rings is 4. The van der Waals surface area contributed by atoms with E-state index in [1.807, 2.05) is 97.9 Å². The molecule has 8 heteroatoms.